The third-order valence-electron chi connectivity index (χ3n) is 4.13. The van der Waals surface area contributed by atoms with Crippen LogP contribution in [-0.2, 0) is 11.3 Å². The van der Waals surface area contributed by atoms with Gasteiger partial charge in [0, 0.05) is 30.1 Å². The van der Waals surface area contributed by atoms with E-state index in [2.05, 4.69) is 5.32 Å². The molecule has 0 saturated heterocycles. The Kier molecular flexibility index (Phi) is 3.48. The van der Waals surface area contributed by atoms with E-state index in [1.807, 2.05) is 12.3 Å². The van der Waals surface area contributed by atoms with E-state index in [1.165, 1.54) is 37.0 Å². The molecule has 5 heteroatoms. The standard InChI is InChI=1S/C14H20N2O2S/c1-9-8-19-14(18)16(9)7-6-12(17)15-13(10-2-3-10)11-4-5-11/h8,10-11,13H,2-7H2,1H3,(H,15,17). The average molecular weight is 280 g/mol. The molecule has 1 N–H and O–H groups in total. The fourth-order valence-electron chi connectivity index (χ4n) is 2.68. The van der Waals surface area contributed by atoms with Crippen LogP contribution in [0.2, 0.25) is 0 Å². The van der Waals surface area contributed by atoms with Crippen LogP contribution in [0.5, 0.6) is 0 Å². The van der Waals surface area contributed by atoms with Gasteiger partial charge in [-0.15, -0.1) is 0 Å². The van der Waals surface area contributed by atoms with Gasteiger partial charge in [-0.25, -0.2) is 0 Å². The zero-order valence-electron chi connectivity index (χ0n) is 11.2. The Labute approximate surface area is 116 Å². The lowest BCUT2D eigenvalue weighted by molar-refractivity contribution is -0.122. The van der Waals surface area contributed by atoms with Crippen molar-refractivity contribution in [3.63, 3.8) is 0 Å². The van der Waals surface area contributed by atoms with Crippen LogP contribution in [-0.4, -0.2) is 16.5 Å². The van der Waals surface area contributed by atoms with Crippen molar-refractivity contribution in [3.8, 4) is 0 Å². The summed E-state index contributed by atoms with van der Waals surface area (Å²) >= 11 is 1.20. The Balaban J connectivity index is 1.52. The minimum absolute atomic E-state index is 0.0336. The Morgan fingerprint density at radius 3 is 2.53 bits per heavy atom. The second-order valence-corrected chi connectivity index (χ2v) is 6.63. The molecule has 2 aliphatic rings. The molecule has 4 nitrogen and oxygen atoms in total. The fraction of sp³-hybridized carbons (Fsp3) is 0.714. The van der Waals surface area contributed by atoms with Crippen LogP contribution in [0.4, 0.5) is 0 Å². The highest BCUT2D eigenvalue weighted by molar-refractivity contribution is 7.07. The van der Waals surface area contributed by atoms with Gasteiger partial charge in [-0.3, -0.25) is 9.59 Å². The lowest BCUT2D eigenvalue weighted by Crippen LogP contribution is -2.38. The third-order valence-corrected chi connectivity index (χ3v) is 5.01. The molecule has 0 radical (unpaired) electrons. The van der Waals surface area contributed by atoms with Crippen molar-refractivity contribution in [2.24, 2.45) is 11.8 Å². The SMILES string of the molecule is Cc1csc(=O)n1CCC(=O)NC(C1CC1)C1CC1. The van der Waals surface area contributed by atoms with Gasteiger partial charge in [0.05, 0.1) is 0 Å². The molecule has 0 atom stereocenters. The quantitative estimate of drug-likeness (QED) is 0.865. The number of carbonyl (C=O) groups is 1. The first-order chi connectivity index (χ1) is 9.15. The van der Waals surface area contributed by atoms with Gasteiger partial charge in [0.2, 0.25) is 5.91 Å². The summed E-state index contributed by atoms with van der Waals surface area (Å²) < 4.78 is 1.69. The molecule has 1 heterocycles. The fourth-order valence-corrected chi connectivity index (χ4v) is 3.44. The molecular formula is C14H20N2O2S. The van der Waals surface area contributed by atoms with Gasteiger partial charge in [-0.05, 0) is 44.4 Å². The van der Waals surface area contributed by atoms with E-state index < -0.39 is 0 Å². The lowest BCUT2D eigenvalue weighted by atomic mass is 10.1. The molecule has 1 aromatic heterocycles. The van der Waals surface area contributed by atoms with Crippen LogP contribution in [0.15, 0.2) is 10.2 Å². The molecule has 2 aliphatic carbocycles. The predicted octanol–water partition coefficient (Wildman–Crippen LogP) is 1.91. The average Bonchev–Trinajstić information content (AvgIpc) is 3.27. The van der Waals surface area contributed by atoms with E-state index in [1.54, 1.807) is 4.57 Å². The normalized spacial score (nSPS) is 18.8. The van der Waals surface area contributed by atoms with Crippen LogP contribution < -0.4 is 10.2 Å². The number of aryl methyl sites for hydroxylation is 1. The highest BCUT2D eigenvalue weighted by Gasteiger charge is 2.42. The second kappa shape index (κ2) is 5.12. The largest absolute Gasteiger partial charge is 0.353 e. The van der Waals surface area contributed by atoms with Crippen molar-refractivity contribution in [3.05, 3.63) is 20.7 Å². The molecule has 19 heavy (non-hydrogen) atoms. The highest BCUT2D eigenvalue weighted by Crippen LogP contribution is 2.44. The highest BCUT2D eigenvalue weighted by atomic mass is 32.1. The van der Waals surface area contributed by atoms with E-state index in [0.717, 1.165) is 17.5 Å². The van der Waals surface area contributed by atoms with E-state index in [-0.39, 0.29) is 10.8 Å². The maximum Gasteiger partial charge on any atom is 0.307 e. The first-order valence-electron chi connectivity index (χ1n) is 7.09. The molecule has 104 valence electrons. The molecule has 0 aromatic carbocycles. The molecule has 1 amide bonds. The van der Waals surface area contributed by atoms with E-state index >= 15 is 0 Å². The van der Waals surface area contributed by atoms with Crippen LogP contribution in [0.25, 0.3) is 0 Å². The number of hydrogen-bond donors (Lipinski definition) is 1. The lowest BCUT2D eigenvalue weighted by Gasteiger charge is -2.17. The molecule has 0 unspecified atom stereocenters. The van der Waals surface area contributed by atoms with E-state index in [4.69, 9.17) is 0 Å². The number of rotatable bonds is 6. The summed E-state index contributed by atoms with van der Waals surface area (Å²) in [6.07, 6.45) is 5.48. The van der Waals surface area contributed by atoms with Gasteiger partial charge >= 0.3 is 4.87 Å². The number of nitrogens with one attached hydrogen (secondary N) is 1. The minimum Gasteiger partial charge on any atom is -0.353 e. The number of nitrogens with zero attached hydrogens (tertiary/aromatic N) is 1. The van der Waals surface area contributed by atoms with Crippen molar-refractivity contribution < 1.29 is 4.79 Å². The summed E-state index contributed by atoms with van der Waals surface area (Å²) in [5.74, 6) is 1.55. The molecule has 0 aliphatic heterocycles. The summed E-state index contributed by atoms with van der Waals surface area (Å²) in [7, 11) is 0. The molecular weight excluding hydrogens is 260 g/mol. The topological polar surface area (TPSA) is 51.1 Å². The Bertz CT molecular complexity index is 514. The first-order valence-corrected chi connectivity index (χ1v) is 7.97. The Morgan fingerprint density at radius 2 is 2.05 bits per heavy atom. The number of aromatic nitrogens is 1. The minimum atomic E-state index is 0.0336. The van der Waals surface area contributed by atoms with Gasteiger partial charge in [-0.1, -0.05) is 11.3 Å². The van der Waals surface area contributed by atoms with Crippen molar-refractivity contribution in [2.75, 3.05) is 0 Å². The van der Waals surface area contributed by atoms with Crippen LogP contribution in [0.3, 0.4) is 0 Å². The van der Waals surface area contributed by atoms with Crippen LogP contribution in [0.1, 0.15) is 37.8 Å². The number of amides is 1. The summed E-state index contributed by atoms with van der Waals surface area (Å²) in [4.78, 5) is 23.6. The first kappa shape index (κ1) is 12.9. The molecule has 1 aromatic rings. The zero-order chi connectivity index (χ0) is 13.4. The smallest absolute Gasteiger partial charge is 0.307 e. The monoisotopic (exact) mass is 280 g/mol. The van der Waals surface area contributed by atoms with Crippen molar-refractivity contribution in [1.29, 1.82) is 0 Å². The van der Waals surface area contributed by atoms with Crippen molar-refractivity contribution in [2.45, 2.75) is 51.6 Å². The number of thiazole rings is 1. The third kappa shape index (κ3) is 3.08. The van der Waals surface area contributed by atoms with E-state index in [9.17, 15) is 9.59 Å². The Hall–Kier alpha value is -1.10. The maximum atomic E-state index is 12.0. The summed E-state index contributed by atoms with van der Waals surface area (Å²) in [5.41, 5.74) is 0.948. The predicted molar refractivity (Wildman–Crippen MR) is 75.3 cm³/mol. The number of carbonyl (C=O) groups excluding carboxylic acids is 1. The van der Waals surface area contributed by atoms with Gasteiger partial charge in [0.1, 0.15) is 0 Å². The summed E-state index contributed by atoms with van der Waals surface area (Å²) in [6, 6.07) is 0.410. The van der Waals surface area contributed by atoms with Gasteiger partial charge in [0.15, 0.2) is 0 Å². The van der Waals surface area contributed by atoms with Crippen LogP contribution >= 0.6 is 11.3 Å². The summed E-state index contributed by atoms with van der Waals surface area (Å²) in [6.45, 7) is 2.41. The molecule has 3 rings (SSSR count). The van der Waals surface area contributed by atoms with Gasteiger partial charge in [-0.2, -0.15) is 0 Å². The number of hydrogen-bond acceptors (Lipinski definition) is 3. The summed E-state index contributed by atoms with van der Waals surface area (Å²) in [5, 5.41) is 5.04. The van der Waals surface area contributed by atoms with Crippen molar-refractivity contribution >= 4 is 17.2 Å². The van der Waals surface area contributed by atoms with Gasteiger partial charge < -0.3 is 9.88 Å². The molecule has 0 bridgehead atoms. The second-order valence-electron chi connectivity index (χ2n) is 5.81. The molecule has 2 saturated carbocycles. The molecule has 2 fully saturated rings. The molecule has 0 spiro atoms. The van der Waals surface area contributed by atoms with Crippen molar-refractivity contribution in [1.82, 2.24) is 9.88 Å². The zero-order valence-corrected chi connectivity index (χ0v) is 12.0. The van der Waals surface area contributed by atoms with Gasteiger partial charge in [0.25, 0.3) is 0 Å². The van der Waals surface area contributed by atoms with Crippen LogP contribution in [0, 0.1) is 18.8 Å². The Morgan fingerprint density at radius 1 is 1.42 bits per heavy atom. The van der Waals surface area contributed by atoms with E-state index in [0.29, 0.717) is 19.0 Å². The maximum absolute atomic E-state index is 12.0.